The zero-order valence-corrected chi connectivity index (χ0v) is 12.9. The molecule has 0 saturated carbocycles. The van der Waals surface area contributed by atoms with Crippen molar-refractivity contribution in [2.45, 2.75) is 45.1 Å². The fraction of sp³-hybridized carbons (Fsp3) is 0.438. The van der Waals surface area contributed by atoms with Gasteiger partial charge in [-0.3, -0.25) is 0 Å². The standard InChI is InChI=1S/C16H22N2S/c1-11(12-8-6-5-7-9-12)14(17)15-18-13(10-19-15)16(2,3)4/h5-11,14H,17H2,1-4H3. The van der Waals surface area contributed by atoms with E-state index in [1.165, 1.54) is 5.56 Å². The highest BCUT2D eigenvalue weighted by Gasteiger charge is 2.23. The summed E-state index contributed by atoms with van der Waals surface area (Å²) in [4.78, 5) is 4.72. The zero-order chi connectivity index (χ0) is 14.0. The highest BCUT2D eigenvalue weighted by atomic mass is 32.1. The van der Waals surface area contributed by atoms with E-state index < -0.39 is 0 Å². The van der Waals surface area contributed by atoms with Gasteiger partial charge in [0.1, 0.15) is 5.01 Å². The molecule has 102 valence electrons. The maximum atomic E-state index is 6.38. The zero-order valence-electron chi connectivity index (χ0n) is 12.1. The topological polar surface area (TPSA) is 38.9 Å². The van der Waals surface area contributed by atoms with Crippen LogP contribution in [0.15, 0.2) is 35.7 Å². The van der Waals surface area contributed by atoms with E-state index in [-0.39, 0.29) is 17.4 Å². The van der Waals surface area contributed by atoms with Gasteiger partial charge >= 0.3 is 0 Å². The van der Waals surface area contributed by atoms with E-state index >= 15 is 0 Å². The first-order chi connectivity index (χ1) is 8.89. The summed E-state index contributed by atoms with van der Waals surface area (Å²) < 4.78 is 0. The van der Waals surface area contributed by atoms with Crippen LogP contribution in [0, 0.1) is 0 Å². The van der Waals surface area contributed by atoms with E-state index in [4.69, 9.17) is 10.7 Å². The third-order valence-electron chi connectivity index (χ3n) is 3.44. The lowest BCUT2D eigenvalue weighted by molar-refractivity contribution is 0.554. The fourth-order valence-electron chi connectivity index (χ4n) is 1.96. The molecule has 2 atom stereocenters. The van der Waals surface area contributed by atoms with Gasteiger partial charge in [-0.05, 0) is 5.56 Å². The van der Waals surface area contributed by atoms with Crippen molar-refractivity contribution in [1.82, 2.24) is 4.98 Å². The van der Waals surface area contributed by atoms with Crippen LogP contribution in [0.5, 0.6) is 0 Å². The van der Waals surface area contributed by atoms with Gasteiger partial charge in [0, 0.05) is 16.7 Å². The van der Waals surface area contributed by atoms with Crippen molar-refractivity contribution in [2.75, 3.05) is 0 Å². The summed E-state index contributed by atoms with van der Waals surface area (Å²) in [6.45, 7) is 8.70. The monoisotopic (exact) mass is 274 g/mol. The molecule has 3 heteroatoms. The maximum Gasteiger partial charge on any atom is 0.110 e. The van der Waals surface area contributed by atoms with Crippen molar-refractivity contribution < 1.29 is 0 Å². The van der Waals surface area contributed by atoms with Crippen molar-refractivity contribution >= 4 is 11.3 Å². The molecule has 0 aliphatic carbocycles. The molecule has 0 bridgehead atoms. The van der Waals surface area contributed by atoms with Gasteiger partial charge in [0.2, 0.25) is 0 Å². The molecule has 19 heavy (non-hydrogen) atoms. The van der Waals surface area contributed by atoms with Gasteiger partial charge < -0.3 is 5.73 Å². The average molecular weight is 274 g/mol. The quantitative estimate of drug-likeness (QED) is 0.909. The van der Waals surface area contributed by atoms with Crippen molar-refractivity contribution in [3.8, 4) is 0 Å². The summed E-state index contributed by atoms with van der Waals surface area (Å²) in [6.07, 6.45) is 0. The molecule has 2 rings (SSSR count). The largest absolute Gasteiger partial charge is 0.321 e. The van der Waals surface area contributed by atoms with E-state index in [1.807, 2.05) is 6.07 Å². The van der Waals surface area contributed by atoms with Crippen LogP contribution in [-0.4, -0.2) is 4.98 Å². The van der Waals surface area contributed by atoms with Gasteiger partial charge in [0.25, 0.3) is 0 Å². The number of aromatic nitrogens is 1. The van der Waals surface area contributed by atoms with Crippen molar-refractivity contribution in [1.29, 1.82) is 0 Å². The molecular formula is C16H22N2S. The summed E-state index contributed by atoms with van der Waals surface area (Å²) in [5.41, 5.74) is 8.86. The highest BCUT2D eigenvalue weighted by molar-refractivity contribution is 7.09. The maximum absolute atomic E-state index is 6.38. The minimum Gasteiger partial charge on any atom is -0.321 e. The molecule has 1 aromatic carbocycles. The van der Waals surface area contributed by atoms with Crippen molar-refractivity contribution in [3.05, 3.63) is 52.0 Å². The SMILES string of the molecule is CC(c1ccccc1)C(N)c1nc(C(C)(C)C)cs1. The Morgan fingerprint density at radius 3 is 2.32 bits per heavy atom. The third-order valence-corrected chi connectivity index (χ3v) is 4.39. The van der Waals surface area contributed by atoms with Gasteiger partial charge in [0.15, 0.2) is 0 Å². The molecule has 2 aromatic rings. The molecule has 0 fully saturated rings. The molecule has 0 spiro atoms. The molecule has 0 radical (unpaired) electrons. The molecule has 1 aromatic heterocycles. The predicted molar refractivity (Wildman–Crippen MR) is 82.6 cm³/mol. The van der Waals surface area contributed by atoms with E-state index in [0.29, 0.717) is 0 Å². The molecule has 1 heterocycles. The van der Waals surface area contributed by atoms with Crippen LogP contribution in [-0.2, 0) is 5.41 Å². The number of thiazole rings is 1. The number of nitrogens with zero attached hydrogens (tertiary/aromatic N) is 1. The Labute approximate surface area is 119 Å². The number of hydrogen-bond acceptors (Lipinski definition) is 3. The number of rotatable bonds is 3. The predicted octanol–water partition coefficient (Wildman–Crippen LogP) is 4.24. The molecule has 2 unspecified atom stereocenters. The third kappa shape index (κ3) is 3.23. The normalized spacial score (nSPS) is 15.2. The van der Waals surface area contributed by atoms with E-state index in [0.717, 1.165) is 10.7 Å². The van der Waals surface area contributed by atoms with Gasteiger partial charge in [-0.15, -0.1) is 11.3 Å². The Balaban J connectivity index is 2.20. The van der Waals surface area contributed by atoms with Crippen LogP contribution < -0.4 is 5.73 Å². The van der Waals surface area contributed by atoms with Crippen molar-refractivity contribution in [3.63, 3.8) is 0 Å². The molecule has 2 N–H and O–H groups in total. The van der Waals surface area contributed by atoms with Gasteiger partial charge in [0.05, 0.1) is 11.7 Å². The fourth-order valence-corrected chi connectivity index (χ4v) is 3.11. The van der Waals surface area contributed by atoms with Gasteiger partial charge in [-0.25, -0.2) is 4.98 Å². The summed E-state index contributed by atoms with van der Waals surface area (Å²) in [5, 5.41) is 3.16. The second kappa shape index (κ2) is 5.43. The Kier molecular flexibility index (Phi) is 4.07. The summed E-state index contributed by atoms with van der Waals surface area (Å²) in [7, 11) is 0. The molecule has 0 aliphatic heterocycles. The Morgan fingerprint density at radius 1 is 1.16 bits per heavy atom. The molecule has 0 saturated heterocycles. The van der Waals surface area contributed by atoms with E-state index in [1.54, 1.807) is 11.3 Å². The lowest BCUT2D eigenvalue weighted by Gasteiger charge is -2.19. The second-order valence-electron chi connectivity index (χ2n) is 6.05. The lowest BCUT2D eigenvalue weighted by Crippen LogP contribution is -2.18. The Bertz CT molecular complexity index is 525. The Morgan fingerprint density at radius 2 is 1.79 bits per heavy atom. The first kappa shape index (κ1) is 14.2. The number of benzene rings is 1. The summed E-state index contributed by atoms with van der Waals surface area (Å²) in [6, 6.07) is 10.4. The molecule has 0 aliphatic rings. The van der Waals surface area contributed by atoms with Crippen LogP contribution in [0.4, 0.5) is 0 Å². The summed E-state index contributed by atoms with van der Waals surface area (Å²) >= 11 is 1.67. The second-order valence-corrected chi connectivity index (χ2v) is 6.94. The van der Waals surface area contributed by atoms with Crippen LogP contribution in [0.2, 0.25) is 0 Å². The van der Waals surface area contributed by atoms with Crippen LogP contribution >= 0.6 is 11.3 Å². The first-order valence-corrected chi connectivity index (χ1v) is 7.54. The Hall–Kier alpha value is -1.19. The van der Waals surface area contributed by atoms with Crippen LogP contribution in [0.3, 0.4) is 0 Å². The molecule has 0 amide bonds. The molecule has 2 nitrogen and oxygen atoms in total. The number of nitrogens with two attached hydrogens (primary N) is 1. The van der Waals surface area contributed by atoms with Gasteiger partial charge in [-0.1, -0.05) is 58.0 Å². The van der Waals surface area contributed by atoms with Crippen molar-refractivity contribution in [2.24, 2.45) is 5.73 Å². The number of hydrogen-bond donors (Lipinski definition) is 1. The van der Waals surface area contributed by atoms with Crippen LogP contribution in [0.1, 0.15) is 55.9 Å². The highest BCUT2D eigenvalue weighted by Crippen LogP contribution is 2.32. The smallest absolute Gasteiger partial charge is 0.110 e. The molecular weight excluding hydrogens is 252 g/mol. The van der Waals surface area contributed by atoms with Crippen LogP contribution in [0.25, 0.3) is 0 Å². The summed E-state index contributed by atoms with van der Waals surface area (Å²) in [5.74, 6) is 0.278. The minimum absolute atomic E-state index is 0.0384. The minimum atomic E-state index is -0.0384. The lowest BCUT2D eigenvalue weighted by atomic mass is 9.92. The first-order valence-electron chi connectivity index (χ1n) is 6.66. The van der Waals surface area contributed by atoms with Gasteiger partial charge in [-0.2, -0.15) is 0 Å². The van der Waals surface area contributed by atoms with E-state index in [2.05, 4.69) is 57.3 Å². The average Bonchev–Trinajstić information content (AvgIpc) is 2.87. The van der Waals surface area contributed by atoms with E-state index in [9.17, 15) is 0 Å².